The van der Waals surface area contributed by atoms with E-state index in [1.54, 1.807) is 49.4 Å². The molecule has 5 rings (SSSR count). The lowest BCUT2D eigenvalue weighted by atomic mass is 9.95. The van der Waals surface area contributed by atoms with Gasteiger partial charge < -0.3 is 14.4 Å². The third kappa shape index (κ3) is 4.38. The molecule has 0 saturated carbocycles. The maximum absolute atomic E-state index is 13.2. The zero-order valence-electron chi connectivity index (χ0n) is 19.8. The molecule has 1 fully saturated rings. The van der Waals surface area contributed by atoms with Gasteiger partial charge in [-0.3, -0.25) is 14.5 Å². The van der Waals surface area contributed by atoms with Gasteiger partial charge in [-0.1, -0.05) is 77.5 Å². The topological polar surface area (TPSA) is 92.9 Å². The molecule has 7 heteroatoms. The second-order valence-electron chi connectivity index (χ2n) is 8.67. The Labute approximate surface area is 208 Å². The van der Waals surface area contributed by atoms with Gasteiger partial charge in [0, 0.05) is 11.6 Å². The van der Waals surface area contributed by atoms with Crippen molar-refractivity contribution in [3.63, 3.8) is 0 Å². The molecule has 1 saturated heterocycles. The molecule has 4 aromatic rings. The summed E-state index contributed by atoms with van der Waals surface area (Å²) in [6.45, 7) is 4.04. The lowest BCUT2D eigenvalue weighted by molar-refractivity contribution is -0.132. The van der Waals surface area contributed by atoms with E-state index in [4.69, 9.17) is 9.26 Å². The number of anilines is 1. The predicted octanol–water partition coefficient (Wildman–Crippen LogP) is 5.50. The summed E-state index contributed by atoms with van der Waals surface area (Å²) >= 11 is 0. The van der Waals surface area contributed by atoms with E-state index >= 15 is 0 Å². The molecule has 3 aromatic carbocycles. The van der Waals surface area contributed by atoms with Crippen molar-refractivity contribution in [2.24, 2.45) is 0 Å². The van der Waals surface area contributed by atoms with E-state index in [9.17, 15) is 14.7 Å². The van der Waals surface area contributed by atoms with Crippen molar-refractivity contribution in [1.29, 1.82) is 0 Å². The van der Waals surface area contributed by atoms with Gasteiger partial charge in [0.05, 0.1) is 11.6 Å². The van der Waals surface area contributed by atoms with E-state index < -0.39 is 17.7 Å². The first-order valence-corrected chi connectivity index (χ1v) is 11.5. The van der Waals surface area contributed by atoms with Crippen LogP contribution in [0.5, 0.6) is 5.75 Å². The molecule has 1 aliphatic rings. The van der Waals surface area contributed by atoms with Crippen LogP contribution in [-0.4, -0.2) is 22.0 Å². The number of carbonyl (C=O) groups excluding carboxylic acids is 2. The van der Waals surface area contributed by atoms with Gasteiger partial charge in [-0.15, -0.1) is 0 Å². The Morgan fingerprint density at radius 2 is 1.67 bits per heavy atom. The van der Waals surface area contributed by atoms with Gasteiger partial charge in [-0.25, -0.2) is 0 Å². The molecule has 0 spiro atoms. The first-order chi connectivity index (χ1) is 17.4. The van der Waals surface area contributed by atoms with E-state index in [-0.39, 0.29) is 17.2 Å². The fourth-order valence-corrected chi connectivity index (χ4v) is 4.21. The van der Waals surface area contributed by atoms with Crippen LogP contribution in [0, 0.1) is 13.8 Å². The molecule has 7 nitrogen and oxygen atoms in total. The SMILES string of the molecule is Cc1ccc(C(O)=C2C(=O)C(=O)N(c3cc(C)on3)[C@H]2c2ccc(OCc3ccccc3)cc2)cc1. The van der Waals surface area contributed by atoms with E-state index in [0.29, 0.717) is 29.2 Å². The number of benzene rings is 3. The molecule has 1 aromatic heterocycles. The Balaban J connectivity index is 1.54. The minimum Gasteiger partial charge on any atom is -0.507 e. The van der Waals surface area contributed by atoms with Crippen LogP contribution >= 0.6 is 0 Å². The van der Waals surface area contributed by atoms with Gasteiger partial charge in [-0.2, -0.15) is 0 Å². The smallest absolute Gasteiger partial charge is 0.301 e. The number of aryl methyl sites for hydroxylation is 2. The number of Topliss-reactive ketones (excluding diaryl/α,β-unsaturated/α-hetero) is 1. The number of hydrogen-bond acceptors (Lipinski definition) is 6. The Hall–Kier alpha value is -4.65. The minimum absolute atomic E-state index is 0.0116. The number of ketones is 1. The molecule has 0 aliphatic carbocycles. The number of ether oxygens (including phenoxy) is 1. The Morgan fingerprint density at radius 3 is 2.31 bits per heavy atom. The molecule has 1 amide bonds. The van der Waals surface area contributed by atoms with Crippen molar-refractivity contribution in [3.05, 3.63) is 119 Å². The standard InChI is InChI=1S/C29H24N2O5/c1-18-8-10-22(11-9-18)27(32)25-26(31(29(34)28(25)33)24-16-19(2)36-30-24)21-12-14-23(15-13-21)35-17-20-6-4-3-5-7-20/h3-16,26,32H,17H2,1-2H3/t26-/m0/s1. The van der Waals surface area contributed by atoms with Crippen LogP contribution < -0.4 is 9.64 Å². The van der Waals surface area contributed by atoms with Crippen LogP contribution in [0.1, 0.15) is 34.1 Å². The number of carbonyl (C=O) groups is 2. The van der Waals surface area contributed by atoms with E-state index in [1.165, 1.54) is 4.90 Å². The number of hydrogen-bond donors (Lipinski definition) is 1. The molecule has 1 atom stereocenters. The second-order valence-corrected chi connectivity index (χ2v) is 8.67. The summed E-state index contributed by atoms with van der Waals surface area (Å²) in [7, 11) is 0. The van der Waals surface area contributed by atoms with Crippen molar-refractivity contribution in [1.82, 2.24) is 5.16 Å². The molecule has 0 radical (unpaired) electrons. The fraction of sp³-hybridized carbons (Fsp3) is 0.138. The lowest BCUT2D eigenvalue weighted by Crippen LogP contribution is -2.29. The van der Waals surface area contributed by atoms with Crippen molar-refractivity contribution in [2.45, 2.75) is 26.5 Å². The van der Waals surface area contributed by atoms with Crippen LogP contribution in [-0.2, 0) is 16.2 Å². The summed E-state index contributed by atoms with van der Waals surface area (Å²) < 4.78 is 11.1. The largest absolute Gasteiger partial charge is 0.507 e. The van der Waals surface area contributed by atoms with Crippen molar-refractivity contribution in [3.8, 4) is 5.75 Å². The fourth-order valence-electron chi connectivity index (χ4n) is 4.21. The highest BCUT2D eigenvalue weighted by molar-refractivity contribution is 6.51. The number of nitrogens with zero attached hydrogens (tertiary/aromatic N) is 2. The zero-order chi connectivity index (χ0) is 25.2. The van der Waals surface area contributed by atoms with Crippen LogP contribution in [0.2, 0.25) is 0 Å². The van der Waals surface area contributed by atoms with Crippen LogP contribution in [0.15, 0.2) is 95.0 Å². The van der Waals surface area contributed by atoms with E-state index in [2.05, 4.69) is 5.16 Å². The molecule has 0 bridgehead atoms. The molecule has 36 heavy (non-hydrogen) atoms. The van der Waals surface area contributed by atoms with Crippen molar-refractivity contribution in [2.75, 3.05) is 4.90 Å². The van der Waals surface area contributed by atoms with Crippen molar-refractivity contribution >= 4 is 23.3 Å². The van der Waals surface area contributed by atoms with Gasteiger partial charge in [0.2, 0.25) is 0 Å². The number of aliphatic hydroxyl groups is 1. The first-order valence-electron chi connectivity index (χ1n) is 11.5. The molecule has 1 N–H and O–H groups in total. The maximum atomic E-state index is 13.2. The average Bonchev–Trinajstić information content (AvgIpc) is 3.44. The normalized spacial score (nSPS) is 16.9. The van der Waals surface area contributed by atoms with Gasteiger partial charge in [0.1, 0.15) is 23.9 Å². The third-order valence-corrected chi connectivity index (χ3v) is 6.08. The summed E-state index contributed by atoms with van der Waals surface area (Å²) in [5, 5.41) is 15.1. The summed E-state index contributed by atoms with van der Waals surface area (Å²) in [5.41, 5.74) is 3.10. The van der Waals surface area contributed by atoms with Gasteiger partial charge in [0.25, 0.3) is 5.78 Å². The van der Waals surface area contributed by atoms with Crippen LogP contribution in [0.4, 0.5) is 5.82 Å². The summed E-state index contributed by atoms with van der Waals surface area (Å²) in [6, 6.07) is 24.7. The Kier molecular flexibility index (Phi) is 6.12. The zero-order valence-corrected chi connectivity index (χ0v) is 19.8. The molecule has 0 unspecified atom stereocenters. The van der Waals surface area contributed by atoms with Gasteiger partial charge in [0.15, 0.2) is 5.82 Å². The Bertz CT molecular complexity index is 1440. The molecule has 2 heterocycles. The summed E-state index contributed by atoms with van der Waals surface area (Å²) in [4.78, 5) is 27.6. The highest BCUT2D eigenvalue weighted by Gasteiger charge is 2.48. The van der Waals surface area contributed by atoms with Gasteiger partial charge >= 0.3 is 5.91 Å². The van der Waals surface area contributed by atoms with Crippen LogP contribution in [0.3, 0.4) is 0 Å². The van der Waals surface area contributed by atoms with E-state index in [1.807, 2.05) is 49.4 Å². The monoisotopic (exact) mass is 480 g/mol. The van der Waals surface area contributed by atoms with Gasteiger partial charge in [-0.05, 0) is 37.1 Å². The highest BCUT2D eigenvalue weighted by atomic mass is 16.5. The first kappa shape index (κ1) is 23.1. The molecule has 1 aliphatic heterocycles. The quantitative estimate of drug-likeness (QED) is 0.223. The number of aliphatic hydroxyl groups excluding tert-OH is 1. The molecular weight excluding hydrogens is 456 g/mol. The number of aromatic nitrogens is 1. The molecular formula is C29H24N2O5. The third-order valence-electron chi connectivity index (χ3n) is 6.08. The van der Waals surface area contributed by atoms with E-state index in [0.717, 1.165) is 11.1 Å². The molecule has 180 valence electrons. The highest BCUT2D eigenvalue weighted by Crippen LogP contribution is 2.42. The number of rotatable bonds is 6. The predicted molar refractivity (Wildman–Crippen MR) is 134 cm³/mol. The maximum Gasteiger partial charge on any atom is 0.301 e. The summed E-state index contributed by atoms with van der Waals surface area (Å²) in [6.07, 6.45) is 0. The Morgan fingerprint density at radius 1 is 0.972 bits per heavy atom. The average molecular weight is 481 g/mol. The minimum atomic E-state index is -0.890. The van der Waals surface area contributed by atoms with Crippen LogP contribution in [0.25, 0.3) is 5.76 Å². The summed E-state index contributed by atoms with van der Waals surface area (Å²) in [5.74, 6) is -0.490. The second kappa shape index (κ2) is 9.54. The number of amides is 1. The lowest BCUT2D eigenvalue weighted by Gasteiger charge is -2.23. The van der Waals surface area contributed by atoms with Crippen molar-refractivity contribution < 1.29 is 24.0 Å².